The van der Waals surface area contributed by atoms with E-state index < -0.39 is 12.2 Å². The third-order valence-corrected chi connectivity index (χ3v) is 2.88. The number of ether oxygens (including phenoxy) is 1. The molecule has 2 unspecified atom stereocenters. The second-order valence-electron chi connectivity index (χ2n) is 3.89. The van der Waals surface area contributed by atoms with Crippen molar-refractivity contribution in [3.63, 3.8) is 0 Å². The number of nitrogens with one attached hydrogen (secondary N) is 1. The van der Waals surface area contributed by atoms with Gasteiger partial charge in [0, 0.05) is 0 Å². The van der Waals surface area contributed by atoms with E-state index in [1.807, 2.05) is 0 Å². The summed E-state index contributed by atoms with van der Waals surface area (Å²) in [6.45, 7) is 0.147. The third-order valence-electron chi connectivity index (χ3n) is 2.88. The normalized spacial score (nSPS) is 28.9. The van der Waals surface area contributed by atoms with Crippen molar-refractivity contribution in [1.82, 2.24) is 20.1 Å². The van der Waals surface area contributed by atoms with Crippen LogP contribution < -0.4 is 0 Å². The van der Waals surface area contributed by atoms with Crippen LogP contribution in [0.15, 0.2) is 6.33 Å². The maximum absolute atomic E-state index is 11.8. The highest BCUT2D eigenvalue weighted by Crippen LogP contribution is 2.28. The number of fused-ring (bicyclic) bond motifs is 2. The van der Waals surface area contributed by atoms with Crippen LogP contribution in [0.1, 0.15) is 18.7 Å². The largest absolute Gasteiger partial charge is 0.355 e. The number of hydrogen-bond acceptors (Lipinski definition) is 5. The molecule has 2 bridgehead atoms. The Morgan fingerprint density at radius 1 is 1.38 bits per heavy atom. The highest BCUT2D eigenvalue weighted by Gasteiger charge is 2.46. The first-order chi connectivity index (χ1) is 7.75. The maximum atomic E-state index is 11.8. The lowest BCUT2D eigenvalue weighted by molar-refractivity contribution is -0.169. The topological polar surface area (TPSA) is 88.2 Å². The maximum Gasteiger partial charge on any atom is 0.258 e. The second-order valence-corrected chi connectivity index (χ2v) is 3.89. The Labute approximate surface area is 90.8 Å². The van der Waals surface area contributed by atoms with E-state index in [1.165, 1.54) is 11.2 Å². The Balaban J connectivity index is 1.83. The average molecular weight is 222 g/mol. The van der Waals surface area contributed by atoms with Gasteiger partial charge in [0.2, 0.25) is 0 Å². The van der Waals surface area contributed by atoms with Crippen LogP contribution in [0.2, 0.25) is 0 Å². The number of aromatic nitrogens is 3. The van der Waals surface area contributed by atoms with E-state index in [4.69, 9.17) is 4.74 Å². The Morgan fingerprint density at radius 3 is 2.62 bits per heavy atom. The summed E-state index contributed by atoms with van der Waals surface area (Å²) in [6.07, 6.45) is 1.69. The molecule has 2 fully saturated rings. The number of imide groups is 1. The van der Waals surface area contributed by atoms with Crippen molar-refractivity contribution in [1.29, 1.82) is 0 Å². The van der Waals surface area contributed by atoms with Gasteiger partial charge >= 0.3 is 0 Å². The number of carbonyl (C=O) groups excluding carboxylic acids is 2. The number of amides is 2. The van der Waals surface area contributed by atoms with Gasteiger partial charge in [-0.2, -0.15) is 5.10 Å². The molecule has 2 aliphatic heterocycles. The highest BCUT2D eigenvalue weighted by molar-refractivity contribution is 6.02. The molecule has 0 saturated carbocycles. The monoisotopic (exact) mass is 222 g/mol. The first kappa shape index (κ1) is 9.46. The molecule has 84 valence electrons. The smallest absolute Gasteiger partial charge is 0.258 e. The van der Waals surface area contributed by atoms with E-state index in [9.17, 15) is 9.59 Å². The molecule has 1 aromatic heterocycles. The minimum absolute atomic E-state index is 0.147. The molecule has 0 aromatic carbocycles. The van der Waals surface area contributed by atoms with Crippen molar-refractivity contribution in [2.24, 2.45) is 0 Å². The number of rotatable bonds is 2. The first-order valence-corrected chi connectivity index (χ1v) is 5.10. The summed E-state index contributed by atoms with van der Waals surface area (Å²) in [5, 5.41) is 6.30. The van der Waals surface area contributed by atoms with Gasteiger partial charge in [0.15, 0.2) is 0 Å². The Bertz CT molecular complexity index is 408. The lowest BCUT2D eigenvalue weighted by atomic mass is 10.2. The summed E-state index contributed by atoms with van der Waals surface area (Å²) in [5.74, 6) is -0.0340. The third kappa shape index (κ3) is 1.32. The van der Waals surface area contributed by atoms with Crippen LogP contribution >= 0.6 is 0 Å². The fraction of sp³-hybridized carbons (Fsp3) is 0.556. The number of morpholine rings is 1. The molecule has 2 saturated heterocycles. The SMILES string of the molecule is O=C1C2CCC(O2)C(=O)N1Cc1ncn[nH]1. The minimum Gasteiger partial charge on any atom is -0.355 e. The van der Waals surface area contributed by atoms with Crippen molar-refractivity contribution in [3.8, 4) is 0 Å². The minimum atomic E-state index is -0.453. The molecule has 2 aliphatic rings. The van der Waals surface area contributed by atoms with Gasteiger partial charge in [0.25, 0.3) is 11.8 Å². The summed E-state index contributed by atoms with van der Waals surface area (Å²) < 4.78 is 5.28. The number of aromatic amines is 1. The number of likely N-dealkylation sites (tertiary alicyclic amines) is 1. The van der Waals surface area contributed by atoms with E-state index in [-0.39, 0.29) is 18.4 Å². The number of carbonyl (C=O) groups is 2. The Hall–Kier alpha value is -1.76. The van der Waals surface area contributed by atoms with Crippen molar-refractivity contribution >= 4 is 11.8 Å². The zero-order chi connectivity index (χ0) is 11.1. The molecule has 2 amide bonds. The lowest BCUT2D eigenvalue weighted by Gasteiger charge is -2.29. The van der Waals surface area contributed by atoms with E-state index in [2.05, 4.69) is 15.2 Å². The molecule has 0 aliphatic carbocycles. The standard InChI is InChI=1S/C9H10N4O3/c14-8-5-1-2-6(16-5)9(15)13(8)3-7-10-4-11-12-7/h4-6H,1-3H2,(H,10,11,12). The highest BCUT2D eigenvalue weighted by atomic mass is 16.5. The summed E-state index contributed by atoms with van der Waals surface area (Å²) >= 11 is 0. The van der Waals surface area contributed by atoms with Crippen LogP contribution in [0, 0.1) is 0 Å². The molecular formula is C9H10N4O3. The molecule has 7 nitrogen and oxygen atoms in total. The van der Waals surface area contributed by atoms with E-state index in [0.717, 1.165) is 0 Å². The predicted octanol–water partition coefficient (Wildman–Crippen LogP) is -0.779. The first-order valence-electron chi connectivity index (χ1n) is 5.10. The van der Waals surface area contributed by atoms with Gasteiger partial charge in [0.1, 0.15) is 24.4 Å². The van der Waals surface area contributed by atoms with Gasteiger partial charge in [-0.3, -0.25) is 19.6 Å². The van der Waals surface area contributed by atoms with Gasteiger partial charge in [-0.25, -0.2) is 4.98 Å². The number of hydrogen-bond donors (Lipinski definition) is 1. The Kier molecular flexibility index (Phi) is 2.00. The molecular weight excluding hydrogens is 212 g/mol. The van der Waals surface area contributed by atoms with Crippen LogP contribution in [0.5, 0.6) is 0 Å². The molecule has 0 spiro atoms. The molecule has 7 heteroatoms. The molecule has 16 heavy (non-hydrogen) atoms. The summed E-state index contributed by atoms with van der Waals surface area (Å²) in [6, 6.07) is 0. The van der Waals surface area contributed by atoms with E-state index in [0.29, 0.717) is 18.7 Å². The lowest BCUT2D eigenvalue weighted by Crippen LogP contribution is -2.51. The molecule has 1 N–H and O–H groups in total. The zero-order valence-corrected chi connectivity index (χ0v) is 8.42. The van der Waals surface area contributed by atoms with Gasteiger partial charge in [0.05, 0.1) is 6.54 Å². The van der Waals surface area contributed by atoms with Gasteiger partial charge in [-0.15, -0.1) is 0 Å². The summed E-state index contributed by atoms with van der Waals surface area (Å²) in [4.78, 5) is 28.8. The Morgan fingerprint density at radius 2 is 2.06 bits per heavy atom. The van der Waals surface area contributed by atoms with Crippen LogP contribution in [0.3, 0.4) is 0 Å². The number of H-pyrrole nitrogens is 1. The predicted molar refractivity (Wildman–Crippen MR) is 49.8 cm³/mol. The van der Waals surface area contributed by atoms with Crippen molar-refractivity contribution in [3.05, 3.63) is 12.2 Å². The van der Waals surface area contributed by atoms with Crippen molar-refractivity contribution < 1.29 is 14.3 Å². The summed E-state index contributed by atoms with van der Waals surface area (Å²) in [5.41, 5.74) is 0. The second kappa shape index (κ2) is 3.38. The fourth-order valence-corrected chi connectivity index (χ4v) is 2.07. The average Bonchev–Trinajstić information content (AvgIpc) is 2.92. The van der Waals surface area contributed by atoms with Crippen LogP contribution in [0.25, 0.3) is 0 Å². The van der Waals surface area contributed by atoms with E-state index in [1.54, 1.807) is 0 Å². The number of nitrogens with zero attached hydrogens (tertiary/aromatic N) is 3. The van der Waals surface area contributed by atoms with E-state index >= 15 is 0 Å². The van der Waals surface area contributed by atoms with Gasteiger partial charge < -0.3 is 4.74 Å². The quantitative estimate of drug-likeness (QED) is 0.663. The molecule has 3 rings (SSSR count). The molecule has 1 aromatic rings. The molecule has 3 heterocycles. The summed E-state index contributed by atoms with van der Waals surface area (Å²) in [7, 11) is 0. The van der Waals surface area contributed by atoms with Gasteiger partial charge in [-0.1, -0.05) is 0 Å². The van der Waals surface area contributed by atoms with Crippen molar-refractivity contribution in [2.75, 3.05) is 0 Å². The van der Waals surface area contributed by atoms with Crippen LogP contribution in [0.4, 0.5) is 0 Å². The van der Waals surface area contributed by atoms with Crippen LogP contribution in [-0.4, -0.2) is 44.1 Å². The molecule has 2 atom stereocenters. The van der Waals surface area contributed by atoms with Gasteiger partial charge in [-0.05, 0) is 12.8 Å². The van der Waals surface area contributed by atoms with Crippen LogP contribution in [-0.2, 0) is 20.9 Å². The molecule has 0 radical (unpaired) electrons. The van der Waals surface area contributed by atoms with Crippen molar-refractivity contribution in [2.45, 2.75) is 31.6 Å². The fourth-order valence-electron chi connectivity index (χ4n) is 2.07. The zero-order valence-electron chi connectivity index (χ0n) is 8.42.